The lowest BCUT2D eigenvalue weighted by molar-refractivity contribution is 0.661. The van der Waals surface area contributed by atoms with Crippen LogP contribution in [0.4, 0.5) is 0 Å². The first-order valence-corrected chi connectivity index (χ1v) is 21.0. The molecule has 0 heteroatoms. The highest BCUT2D eigenvalue weighted by Gasteiger charge is 2.36. The molecule has 11 rings (SSSR count). The summed E-state index contributed by atoms with van der Waals surface area (Å²) in [4.78, 5) is 0. The van der Waals surface area contributed by atoms with Crippen LogP contribution in [-0.2, 0) is 5.41 Å². The number of hydrogen-bond donors (Lipinski definition) is 0. The van der Waals surface area contributed by atoms with Gasteiger partial charge in [0.25, 0.3) is 0 Å². The Bertz CT molecular complexity index is 3130. The number of hydrogen-bond acceptors (Lipinski definition) is 0. The van der Waals surface area contributed by atoms with Crippen molar-refractivity contribution < 1.29 is 0 Å². The number of aryl methyl sites for hydroxylation is 4. The molecular weight excluding hydrogens is 709 g/mol. The van der Waals surface area contributed by atoms with Gasteiger partial charge in [-0.05, 0) is 150 Å². The second-order valence-electron chi connectivity index (χ2n) is 17.6. The minimum absolute atomic E-state index is 0.204. The summed E-state index contributed by atoms with van der Waals surface area (Å²) in [6.45, 7) is 13.6. The SMILES string of the molecule is Cc1ccc(-c2c3ccccc3c(-c3ccc4c(c3)C(C)(C)c3cc(-c5c6ccccc6c(-c6ccc(C)cc6)c6cc(C)ccc56)ccc3-4)c3ccc(C)cc23)cc1. The molecule has 0 amide bonds. The summed E-state index contributed by atoms with van der Waals surface area (Å²) in [5.41, 5.74) is 20.6. The fourth-order valence-corrected chi connectivity index (χ4v) is 10.3. The minimum atomic E-state index is -0.204. The van der Waals surface area contributed by atoms with Gasteiger partial charge < -0.3 is 0 Å². The molecule has 1 aliphatic carbocycles. The first-order chi connectivity index (χ1) is 28.7. The number of rotatable bonds is 4. The predicted octanol–water partition coefficient (Wildman–Crippen LogP) is 16.5. The summed E-state index contributed by atoms with van der Waals surface area (Å²) in [5, 5.41) is 10.4. The summed E-state index contributed by atoms with van der Waals surface area (Å²) in [6.07, 6.45) is 0. The van der Waals surface area contributed by atoms with Crippen LogP contribution < -0.4 is 0 Å². The quantitative estimate of drug-likeness (QED) is 0.157. The van der Waals surface area contributed by atoms with E-state index in [1.165, 1.54) is 132 Å². The van der Waals surface area contributed by atoms with Gasteiger partial charge in [-0.2, -0.15) is 0 Å². The van der Waals surface area contributed by atoms with Gasteiger partial charge in [-0.1, -0.05) is 194 Å². The Morgan fingerprint density at radius 3 is 0.949 bits per heavy atom. The molecule has 1 aliphatic rings. The van der Waals surface area contributed by atoms with E-state index in [1.807, 2.05) is 0 Å². The van der Waals surface area contributed by atoms with E-state index < -0.39 is 0 Å². The topological polar surface area (TPSA) is 0 Å². The van der Waals surface area contributed by atoms with Crippen LogP contribution in [0.1, 0.15) is 47.2 Å². The molecule has 10 aromatic carbocycles. The van der Waals surface area contributed by atoms with Crippen LogP contribution in [0.5, 0.6) is 0 Å². The van der Waals surface area contributed by atoms with Gasteiger partial charge in [0.1, 0.15) is 0 Å². The Hall–Kier alpha value is -6.76. The third-order valence-electron chi connectivity index (χ3n) is 13.3. The third-order valence-corrected chi connectivity index (χ3v) is 13.3. The van der Waals surface area contributed by atoms with Crippen LogP contribution in [-0.4, -0.2) is 0 Å². The highest BCUT2D eigenvalue weighted by molar-refractivity contribution is 6.23. The van der Waals surface area contributed by atoms with E-state index in [1.54, 1.807) is 0 Å². The van der Waals surface area contributed by atoms with Crippen LogP contribution in [0.15, 0.2) is 170 Å². The predicted molar refractivity (Wildman–Crippen MR) is 255 cm³/mol. The monoisotopic (exact) mass is 754 g/mol. The Labute approximate surface area is 347 Å². The van der Waals surface area contributed by atoms with Crippen molar-refractivity contribution in [2.24, 2.45) is 0 Å². The third kappa shape index (κ3) is 5.43. The molecule has 0 N–H and O–H groups in total. The van der Waals surface area contributed by atoms with Crippen molar-refractivity contribution >= 4 is 43.1 Å². The summed E-state index contributed by atoms with van der Waals surface area (Å²) < 4.78 is 0. The summed E-state index contributed by atoms with van der Waals surface area (Å²) in [6, 6.07) is 64.7. The fourth-order valence-electron chi connectivity index (χ4n) is 10.3. The van der Waals surface area contributed by atoms with Crippen LogP contribution >= 0.6 is 0 Å². The zero-order chi connectivity index (χ0) is 40.2. The van der Waals surface area contributed by atoms with Gasteiger partial charge >= 0.3 is 0 Å². The van der Waals surface area contributed by atoms with Crippen molar-refractivity contribution in [1.29, 1.82) is 0 Å². The lowest BCUT2D eigenvalue weighted by Gasteiger charge is -2.24. The van der Waals surface area contributed by atoms with Gasteiger partial charge in [0.05, 0.1) is 0 Å². The maximum absolute atomic E-state index is 2.51. The normalized spacial score (nSPS) is 13.1. The molecule has 0 spiro atoms. The minimum Gasteiger partial charge on any atom is -0.0616 e. The molecule has 0 heterocycles. The van der Waals surface area contributed by atoms with E-state index in [-0.39, 0.29) is 5.41 Å². The molecule has 10 aromatic rings. The number of fused-ring (bicyclic) bond motifs is 7. The molecule has 0 radical (unpaired) electrons. The van der Waals surface area contributed by atoms with E-state index in [4.69, 9.17) is 0 Å². The van der Waals surface area contributed by atoms with Crippen LogP contribution in [0.2, 0.25) is 0 Å². The average Bonchev–Trinajstić information content (AvgIpc) is 3.47. The molecule has 0 bridgehead atoms. The lowest BCUT2D eigenvalue weighted by Crippen LogP contribution is -2.15. The second-order valence-corrected chi connectivity index (χ2v) is 17.6. The Morgan fingerprint density at radius 1 is 0.271 bits per heavy atom. The van der Waals surface area contributed by atoms with Crippen molar-refractivity contribution in [3.05, 3.63) is 203 Å². The molecule has 59 heavy (non-hydrogen) atoms. The summed E-state index contributed by atoms with van der Waals surface area (Å²) in [5.74, 6) is 0. The van der Waals surface area contributed by atoms with Crippen molar-refractivity contribution in [2.75, 3.05) is 0 Å². The number of benzene rings is 10. The van der Waals surface area contributed by atoms with Crippen molar-refractivity contribution in [3.8, 4) is 55.6 Å². The molecule has 0 fully saturated rings. The maximum atomic E-state index is 2.51. The largest absolute Gasteiger partial charge is 0.0616 e. The highest BCUT2D eigenvalue weighted by atomic mass is 14.4. The van der Waals surface area contributed by atoms with E-state index in [2.05, 4.69) is 211 Å². The second kappa shape index (κ2) is 13.1. The average molecular weight is 755 g/mol. The molecule has 0 saturated carbocycles. The standard InChI is InChI=1S/C59H46/c1-35-15-21-39(22-16-35)55-45-11-7-9-13-47(45)57(49-27-19-37(3)31-51(49)55)41-25-29-43-44-30-26-42(34-54(44)59(5,6)53(43)33-41)58-48-14-10-8-12-46(48)56(40-23-17-36(2)18-24-40)52-32-38(4)20-28-50(52)58/h7-34H,1-6H3. The van der Waals surface area contributed by atoms with Crippen molar-refractivity contribution in [3.63, 3.8) is 0 Å². The first-order valence-electron chi connectivity index (χ1n) is 21.0. The molecule has 0 atom stereocenters. The van der Waals surface area contributed by atoms with Gasteiger partial charge in [-0.25, -0.2) is 0 Å². The van der Waals surface area contributed by atoms with E-state index >= 15 is 0 Å². The molecule has 0 saturated heterocycles. The molecule has 0 aliphatic heterocycles. The van der Waals surface area contributed by atoms with Crippen LogP contribution in [0.25, 0.3) is 98.7 Å². The molecule has 282 valence electrons. The van der Waals surface area contributed by atoms with Crippen molar-refractivity contribution in [1.82, 2.24) is 0 Å². The van der Waals surface area contributed by atoms with Crippen LogP contribution in [0.3, 0.4) is 0 Å². The van der Waals surface area contributed by atoms with Gasteiger partial charge in [0.2, 0.25) is 0 Å². The van der Waals surface area contributed by atoms with Gasteiger partial charge in [-0.3, -0.25) is 0 Å². The summed E-state index contributed by atoms with van der Waals surface area (Å²) >= 11 is 0. The Balaban J connectivity index is 1.10. The summed E-state index contributed by atoms with van der Waals surface area (Å²) in [7, 11) is 0. The van der Waals surface area contributed by atoms with Crippen LogP contribution in [0, 0.1) is 27.7 Å². The highest BCUT2D eigenvalue weighted by Crippen LogP contribution is 2.53. The Kier molecular flexibility index (Phi) is 7.88. The molecular formula is C59H46. The Morgan fingerprint density at radius 2 is 0.576 bits per heavy atom. The van der Waals surface area contributed by atoms with Gasteiger partial charge in [0.15, 0.2) is 0 Å². The van der Waals surface area contributed by atoms with E-state index in [0.717, 1.165) is 0 Å². The lowest BCUT2D eigenvalue weighted by atomic mass is 9.79. The van der Waals surface area contributed by atoms with Gasteiger partial charge in [-0.15, -0.1) is 0 Å². The van der Waals surface area contributed by atoms with E-state index in [9.17, 15) is 0 Å². The fraction of sp³-hybridized carbons (Fsp3) is 0.119. The molecule has 0 nitrogen and oxygen atoms in total. The zero-order valence-corrected chi connectivity index (χ0v) is 34.7. The molecule has 0 aromatic heterocycles. The van der Waals surface area contributed by atoms with Gasteiger partial charge in [0, 0.05) is 5.41 Å². The van der Waals surface area contributed by atoms with Crippen molar-refractivity contribution in [2.45, 2.75) is 47.0 Å². The smallest absolute Gasteiger partial charge is 0.0159 e. The first kappa shape index (κ1) is 35.4. The van der Waals surface area contributed by atoms with E-state index in [0.29, 0.717) is 0 Å². The maximum Gasteiger partial charge on any atom is 0.0159 e. The molecule has 0 unspecified atom stereocenters. The zero-order valence-electron chi connectivity index (χ0n) is 34.7.